The van der Waals surface area contributed by atoms with Gasteiger partial charge in [0.2, 0.25) is 0 Å². The molecule has 1 fully saturated rings. The highest BCUT2D eigenvalue weighted by atomic mass is 16.5. The van der Waals surface area contributed by atoms with E-state index in [1.54, 1.807) is 0 Å². The highest BCUT2D eigenvalue weighted by Crippen LogP contribution is 2.24. The van der Waals surface area contributed by atoms with Crippen LogP contribution in [-0.2, 0) is 10.2 Å². The van der Waals surface area contributed by atoms with Gasteiger partial charge < -0.3 is 10.1 Å². The Kier molecular flexibility index (Phi) is 4.64. The first-order valence-electron chi connectivity index (χ1n) is 7.41. The Morgan fingerprint density at radius 2 is 1.68 bits per heavy atom. The van der Waals surface area contributed by atoms with Gasteiger partial charge in [0, 0.05) is 25.3 Å². The molecule has 1 aliphatic heterocycles. The van der Waals surface area contributed by atoms with Crippen LogP contribution < -0.4 is 5.32 Å². The minimum atomic E-state index is 0.232. The fraction of sp³-hybridized carbons (Fsp3) is 0.647. The number of benzene rings is 1. The molecule has 2 rings (SSSR count). The molecule has 1 atom stereocenters. The molecule has 2 heteroatoms. The summed E-state index contributed by atoms with van der Waals surface area (Å²) in [6.07, 6.45) is 2.26. The van der Waals surface area contributed by atoms with Crippen LogP contribution >= 0.6 is 0 Å². The molecule has 0 amide bonds. The lowest BCUT2D eigenvalue weighted by Crippen LogP contribution is -2.36. The van der Waals surface area contributed by atoms with Crippen molar-refractivity contribution in [1.82, 2.24) is 5.32 Å². The molecule has 0 saturated carbocycles. The van der Waals surface area contributed by atoms with Crippen LogP contribution in [0, 0.1) is 0 Å². The maximum absolute atomic E-state index is 5.40. The van der Waals surface area contributed by atoms with Crippen molar-refractivity contribution in [3.8, 4) is 0 Å². The summed E-state index contributed by atoms with van der Waals surface area (Å²) in [7, 11) is 0. The Hall–Kier alpha value is -0.860. The SMILES string of the molecule is CC(NC1CCOCC1)c1ccc(C(C)(C)C)cc1. The summed E-state index contributed by atoms with van der Waals surface area (Å²) in [6.45, 7) is 10.8. The van der Waals surface area contributed by atoms with Crippen molar-refractivity contribution >= 4 is 0 Å². The van der Waals surface area contributed by atoms with Gasteiger partial charge in [0.25, 0.3) is 0 Å². The summed E-state index contributed by atoms with van der Waals surface area (Å²) in [5.74, 6) is 0. The van der Waals surface area contributed by atoms with Crippen molar-refractivity contribution in [3.63, 3.8) is 0 Å². The Balaban J connectivity index is 1.97. The molecule has 106 valence electrons. The highest BCUT2D eigenvalue weighted by molar-refractivity contribution is 5.29. The van der Waals surface area contributed by atoms with Crippen LogP contribution in [-0.4, -0.2) is 19.3 Å². The molecule has 1 aromatic rings. The molecule has 1 saturated heterocycles. The number of nitrogens with one attached hydrogen (secondary N) is 1. The van der Waals surface area contributed by atoms with E-state index in [4.69, 9.17) is 4.74 Å². The minimum absolute atomic E-state index is 0.232. The maximum Gasteiger partial charge on any atom is 0.0480 e. The normalized spacial score (nSPS) is 19.4. The van der Waals surface area contributed by atoms with E-state index in [0.29, 0.717) is 12.1 Å². The van der Waals surface area contributed by atoms with Gasteiger partial charge in [0.05, 0.1) is 0 Å². The second-order valence-electron chi connectivity index (χ2n) is 6.65. The molecular weight excluding hydrogens is 234 g/mol. The van der Waals surface area contributed by atoms with E-state index in [1.165, 1.54) is 11.1 Å². The molecule has 1 N–H and O–H groups in total. The van der Waals surface area contributed by atoms with Crippen molar-refractivity contribution in [2.75, 3.05) is 13.2 Å². The van der Waals surface area contributed by atoms with Crippen LogP contribution in [0.25, 0.3) is 0 Å². The van der Waals surface area contributed by atoms with Crippen LogP contribution in [0.4, 0.5) is 0 Å². The summed E-state index contributed by atoms with van der Waals surface area (Å²) in [4.78, 5) is 0. The zero-order valence-corrected chi connectivity index (χ0v) is 12.7. The van der Waals surface area contributed by atoms with Gasteiger partial charge in [-0.3, -0.25) is 0 Å². The Labute approximate surface area is 117 Å². The zero-order chi connectivity index (χ0) is 13.9. The first-order valence-corrected chi connectivity index (χ1v) is 7.41. The van der Waals surface area contributed by atoms with Gasteiger partial charge in [0.15, 0.2) is 0 Å². The van der Waals surface area contributed by atoms with E-state index < -0.39 is 0 Å². The predicted molar refractivity (Wildman–Crippen MR) is 80.5 cm³/mol. The minimum Gasteiger partial charge on any atom is -0.381 e. The van der Waals surface area contributed by atoms with Crippen molar-refractivity contribution < 1.29 is 4.74 Å². The Morgan fingerprint density at radius 3 is 2.21 bits per heavy atom. The number of rotatable bonds is 3. The molecular formula is C17H27NO. The Bertz CT molecular complexity index is 385. The van der Waals surface area contributed by atoms with Gasteiger partial charge in [0.1, 0.15) is 0 Å². The largest absolute Gasteiger partial charge is 0.381 e. The molecule has 2 nitrogen and oxygen atoms in total. The predicted octanol–water partition coefficient (Wildman–Crippen LogP) is 3.81. The number of hydrogen-bond acceptors (Lipinski definition) is 2. The topological polar surface area (TPSA) is 21.3 Å². The molecule has 0 spiro atoms. The van der Waals surface area contributed by atoms with Crippen molar-refractivity contribution in [2.24, 2.45) is 0 Å². The average Bonchev–Trinajstić information content (AvgIpc) is 2.39. The average molecular weight is 261 g/mol. The summed E-state index contributed by atoms with van der Waals surface area (Å²) in [6, 6.07) is 10.1. The molecule has 0 aromatic heterocycles. The Morgan fingerprint density at radius 1 is 1.11 bits per heavy atom. The highest BCUT2D eigenvalue weighted by Gasteiger charge is 2.17. The van der Waals surface area contributed by atoms with E-state index in [9.17, 15) is 0 Å². The smallest absolute Gasteiger partial charge is 0.0480 e. The third-order valence-electron chi connectivity index (χ3n) is 3.98. The number of ether oxygens (including phenoxy) is 1. The fourth-order valence-electron chi connectivity index (χ4n) is 2.59. The monoisotopic (exact) mass is 261 g/mol. The molecule has 0 bridgehead atoms. The summed E-state index contributed by atoms with van der Waals surface area (Å²) >= 11 is 0. The molecule has 0 aliphatic carbocycles. The van der Waals surface area contributed by atoms with Crippen LogP contribution in [0.15, 0.2) is 24.3 Å². The van der Waals surface area contributed by atoms with Gasteiger partial charge in [-0.05, 0) is 36.3 Å². The summed E-state index contributed by atoms with van der Waals surface area (Å²) < 4.78 is 5.40. The van der Waals surface area contributed by atoms with Crippen LogP contribution in [0.5, 0.6) is 0 Å². The van der Waals surface area contributed by atoms with Crippen LogP contribution in [0.1, 0.15) is 57.7 Å². The van der Waals surface area contributed by atoms with Gasteiger partial charge in [-0.15, -0.1) is 0 Å². The van der Waals surface area contributed by atoms with E-state index >= 15 is 0 Å². The summed E-state index contributed by atoms with van der Waals surface area (Å²) in [5.41, 5.74) is 3.00. The summed E-state index contributed by atoms with van der Waals surface area (Å²) in [5, 5.41) is 3.71. The van der Waals surface area contributed by atoms with Gasteiger partial charge >= 0.3 is 0 Å². The second kappa shape index (κ2) is 6.06. The third-order valence-corrected chi connectivity index (χ3v) is 3.98. The van der Waals surface area contributed by atoms with Crippen molar-refractivity contribution in [1.29, 1.82) is 0 Å². The van der Waals surface area contributed by atoms with Crippen molar-refractivity contribution in [2.45, 2.75) is 58.0 Å². The lowest BCUT2D eigenvalue weighted by molar-refractivity contribution is 0.0754. The molecule has 1 aliphatic rings. The van der Waals surface area contributed by atoms with E-state index in [-0.39, 0.29) is 5.41 Å². The molecule has 0 radical (unpaired) electrons. The first-order chi connectivity index (χ1) is 8.97. The van der Waals surface area contributed by atoms with Gasteiger partial charge in [-0.1, -0.05) is 45.0 Å². The number of hydrogen-bond donors (Lipinski definition) is 1. The van der Waals surface area contributed by atoms with Gasteiger partial charge in [-0.25, -0.2) is 0 Å². The third kappa shape index (κ3) is 4.05. The van der Waals surface area contributed by atoms with E-state index in [1.807, 2.05) is 0 Å². The fourth-order valence-corrected chi connectivity index (χ4v) is 2.59. The first kappa shape index (κ1) is 14.5. The maximum atomic E-state index is 5.40. The standard InChI is InChI=1S/C17H27NO/c1-13(18-16-9-11-19-12-10-16)14-5-7-15(8-6-14)17(2,3)4/h5-8,13,16,18H,9-12H2,1-4H3. The molecule has 1 aromatic carbocycles. The lowest BCUT2D eigenvalue weighted by Gasteiger charge is -2.27. The molecule has 1 unspecified atom stereocenters. The van der Waals surface area contributed by atoms with Crippen LogP contribution in [0.2, 0.25) is 0 Å². The lowest BCUT2D eigenvalue weighted by atomic mass is 9.86. The second-order valence-corrected chi connectivity index (χ2v) is 6.65. The van der Waals surface area contributed by atoms with Crippen molar-refractivity contribution in [3.05, 3.63) is 35.4 Å². The van der Waals surface area contributed by atoms with E-state index in [0.717, 1.165) is 26.1 Å². The quantitative estimate of drug-likeness (QED) is 0.893. The molecule has 19 heavy (non-hydrogen) atoms. The zero-order valence-electron chi connectivity index (χ0n) is 12.7. The van der Waals surface area contributed by atoms with Crippen LogP contribution in [0.3, 0.4) is 0 Å². The van der Waals surface area contributed by atoms with E-state index in [2.05, 4.69) is 57.3 Å². The molecule has 1 heterocycles. The van der Waals surface area contributed by atoms with Gasteiger partial charge in [-0.2, -0.15) is 0 Å².